The van der Waals surface area contributed by atoms with Crippen LogP contribution in [0.4, 0.5) is 0 Å². The van der Waals surface area contributed by atoms with E-state index in [2.05, 4.69) is 19.2 Å². The Morgan fingerprint density at radius 3 is 1.12 bits per heavy atom. The molecule has 3 N–H and O–H groups in total. The molecular formula is C57H116N2O6P+. The highest BCUT2D eigenvalue weighted by Gasteiger charge is 2.27. The lowest BCUT2D eigenvalue weighted by atomic mass is 10.0. The number of hydrogen-bond donors (Lipinski definition) is 3. The van der Waals surface area contributed by atoms with Crippen LogP contribution in [-0.2, 0) is 18.4 Å². The second kappa shape index (κ2) is 49.2. The van der Waals surface area contributed by atoms with Crippen LogP contribution in [0.3, 0.4) is 0 Å². The van der Waals surface area contributed by atoms with Crippen molar-refractivity contribution in [3.8, 4) is 0 Å². The van der Waals surface area contributed by atoms with Gasteiger partial charge in [0.25, 0.3) is 0 Å². The maximum atomic E-state index is 12.9. The van der Waals surface area contributed by atoms with E-state index in [1.807, 2.05) is 27.2 Å². The van der Waals surface area contributed by atoms with Crippen LogP contribution in [0.1, 0.15) is 296 Å². The van der Waals surface area contributed by atoms with E-state index < -0.39 is 20.0 Å². The van der Waals surface area contributed by atoms with Crippen LogP contribution < -0.4 is 5.32 Å². The van der Waals surface area contributed by atoms with Gasteiger partial charge in [-0.15, -0.1) is 0 Å². The minimum atomic E-state index is -4.34. The van der Waals surface area contributed by atoms with Gasteiger partial charge in [-0.1, -0.05) is 283 Å². The number of quaternary nitrogens is 1. The molecule has 9 heteroatoms. The van der Waals surface area contributed by atoms with E-state index in [1.165, 1.54) is 238 Å². The number of phosphoric acid groups is 1. The molecule has 0 heterocycles. The SMILES string of the molecule is CCCCCCCCCCCC/C=C/C(O)C(COP(=O)(O)OCC[N+](C)(C)C)NC(=O)CCCCCCCCCCCCCCCCCCCCCCCCCCCCCCCCCC. The fourth-order valence-electron chi connectivity index (χ4n) is 8.93. The van der Waals surface area contributed by atoms with E-state index in [0.29, 0.717) is 17.4 Å². The van der Waals surface area contributed by atoms with Gasteiger partial charge >= 0.3 is 7.82 Å². The third-order valence-corrected chi connectivity index (χ3v) is 14.5. The molecule has 0 spiro atoms. The normalized spacial score (nSPS) is 14.0. The van der Waals surface area contributed by atoms with Crippen molar-refractivity contribution in [3.63, 3.8) is 0 Å². The minimum Gasteiger partial charge on any atom is -0.387 e. The van der Waals surface area contributed by atoms with Gasteiger partial charge in [-0.3, -0.25) is 13.8 Å². The van der Waals surface area contributed by atoms with Crippen LogP contribution in [0.2, 0.25) is 0 Å². The minimum absolute atomic E-state index is 0.0648. The van der Waals surface area contributed by atoms with Crippen molar-refractivity contribution >= 4 is 13.7 Å². The van der Waals surface area contributed by atoms with Gasteiger partial charge in [0.15, 0.2) is 0 Å². The zero-order chi connectivity index (χ0) is 48.5. The Morgan fingerprint density at radius 1 is 0.500 bits per heavy atom. The molecule has 8 nitrogen and oxygen atoms in total. The van der Waals surface area contributed by atoms with Gasteiger partial charge in [-0.05, 0) is 19.3 Å². The van der Waals surface area contributed by atoms with E-state index >= 15 is 0 Å². The zero-order valence-corrected chi connectivity index (χ0v) is 45.9. The summed E-state index contributed by atoms with van der Waals surface area (Å²) in [5.41, 5.74) is 0. The number of nitrogens with one attached hydrogen (secondary N) is 1. The van der Waals surface area contributed by atoms with E-state index in [-0.39, 0.29) is 19.1 Å². The monoisotopic (exact) mass is 956 g/mol. The summed E-state index contributed by atoms with van der Waals surface area (Å²) in [5, 5.41) is 13.9. The molecule has 0 aliphatic carbocycles. The van der Waals surface area contributed by atoms with E-state index in [1.54, 1.807) is 6.08 Å². The lowest BCUT2D eigenvalue weighted by Gasteiger charge is -2.25. The first-order valence-corrected chi connectivity index (χ1v) is 30.6. The number of amides is 1. The summed E-state index contributed by atoms with van der Waals surface area (Å²) in [6.07, 6.45) is 60.5. The van der Waals surface area contributed by atoms with Crippen LogP contribution >= 0.6 is 7.82 Å². The second-order valence-electron chi connectivity index (χ2n) is 21.4. The van der Waals surface area contributed by atoms with Crippen LogP contribution in [0.5, 0.6) is 0 Å². The quantitative estimate of drug-likeness (QED) is 0.0243. The van der Waals surface area contributed by atoms with Crippen molar-refractivity contribution in [3.05, 3.63) is 12.2 Å². The third kappa shape index (κ3) is 51.1. The van der Waals surface area contributed by atoms with Gasteiger partial charge in [-0.25, -0.2) is 4.57 Å². The van der Waals surface area contributed by atoms with Gasteiger partial charge in [0.2, 0.25) is 5.91 Å². The molecule has 0 rings (SSSR count). The van der Waals surface area contributed by atoms with Crippen molar-refractivity contribution in [1.29, 1.82) is 0 Å². The number of aliphatic hydroxyl groups excluding tert-OH is 1. The number of aliphatic hydroxyl groups is 1. The molecule has 394 valence electrons. The topological polar surface area (TPSA) is 105 Å². The summed E-state index contributed by atoms with van der Waals surface area (Å²) in [4.78, 5) is 23.2. The van der Waals surface area contributed by atoms with Crippen molar-refractivity contribution in [2.45, 2.75) is 309 Å². The highest BCUT2D eigenvalue weighted by atomic mass is 31.2. The van der Waals surface area contributed by atoms with Gasteiger partial charge in [-0.2, -0.15) is 0 Å². The van der Waals surface area contributed by atoms with Crippen molar-refractivity contribution in [2.75, 3.05) is 40.9 Å². The second-order valence-corrected chi connectivity index (χ2v) is 22.8. The summed E-state index contributed by atoms with van der Waals surface area (Å²) in [5.74, 6) is -0.171. The van der Waals surface area contributed by atoms with E-state index in [0.717, 1.165) is 38.5 Å². The highest BCUT2D eigenvalue weighted by Crippen LogP contribution is 2.43. The summed E-state index contributed by atoms with van der Waals surface area (Å²) in [7, 11) is 1.59. The molecule has 1 amide bonds. The summed E-state index contributed by atoms with van der Waals surface area (Å²) < 4.78 is 23.6. The van der Waals surface area contributed by atoms with Crippen LogP contribution in [0.25, 0.3) is 0 Å². The lowest BCUT2D eigenvalue weighted by molar-refractivity contribution is -0.870. The van der Waals surface area contributed by atoms with Crippen LogP contribution in [-0.4, -0.2) is 73.4 Å². The number of likely N-dealkylation sites (N-methyl/N-ethyl adjacent to an activating group) is 1. The van der Waals surface area contributed by atoms with E-state index in [9.17, 15) is 19.4 Å². The Balaban J connectivity index is 3.95. The third-order valence-electron chi connectivity index (χ3n) is 13.5. The first-order valence-electron chi connectivity index (χ1n) is 29.1. The van der Waals surface area contributed by atoms with Gasteiger partial charge in [0, 0.05) is 6.42 Å². The van der Waals surface area contributed by atoms with Crippen molar-refractivity contribution in [2.24, 2.45) is 0 Å². The standard InChI is InChI=1S/C57H115N2O6P/c1-6-8-10-12-14-16-18-20-21-22-23-24-25-26-27-28-29-30-31-32-33-34-35-36-37-38-39-41-43-45-47-49-51-57(61)58-55(54-65-66(62,63)64-53-52-59(3,4)5)56(60)50-48-46-44-42-40-19-17-15-13-11-9-7-2/h48,50,55-56,60H,6-47,49,51-54H2,1-5H3,(H-,58,61,62,63)/p+1/b50-48+. The smallest absolute Gasteiger partial charge is 0.387 e. The molecule has 0 saturated carbocycles. The fourth-order valence-corrected chi connectivity index (χ4v) is 9.66. The molecule has 0 saturated heterocycles. The van der Waals surface area contributed by atoms with Gasteiger partial charge < -0.3 is 19.8 Å². The number of nitrogens with zero attached hydrogens (tertiary/aromatic N) is 1. The average molecular weight is 957 g/mol. The molecule has 0 bridgehead atoms. The molecule has 0 fully saturated rings. The summed E-state index contributed by atoms with van der Waals surface area (Å²) in [6.45, 7) is 4.84. The number of phosphoric ester groups is 1. The predicted molar refractivity (Wildman–Crippen MR) is 286 cm³/mol. The summed E-state index contributed by atoms with van der Waals surface area (Å²) >= 11 is 0. The Labute approximate surface area is 412 Å². The van der Waals surface area contributed by atoms with Crippen molar-refractivity contribution < 1.29 is 32.9 Å². The Kier molecular flexibility index (Phi) is 48.7. The molecule has 0 aromatic heterocycles. The molecule has 3 atom stereocenters. The molecule has 66 heavy (non-hydrogen) atoms. The number of hydrogen-bond acceptors (Lipinski definition) is 5. The van der Waals surface area contributed by atoms with E-state index in [4.69, 9.17) is 9.05 Å². The number of allylic oxidation sites excluding steroid dienone is 1. The lowest BCUT2D eigenvalue weighted by Crippen LogP contribution is -2.45. The number of carbonyl (C=O) groups excluding carboxylic acids is 1. The average Bonchev–Trinajstić information content (AvgIpc) is 3.28. The highest BCUT2D eigenvalue weighted by molar-refractivity contribution is 7.47. The molecule has 0 aliphatic rings. The van der Waals surface area contributed by atoms with Crippen molar-refractivity contribution in [1.82, 2.24) is 5.32 Å². The fraction of sp³-hybridized carbons (Fsp3) is 0.947. The first-order chi connectivity index (χ1) is 32.0. The maximum Gasteiger partial charge on any atom is 0.472 e. The number of carbonyl (C=O) groups is 1. The molecule has 0 aromatic carbocycles. The molecule has 0 aromatic rings. The van der Waals surface area contributed by atoms with Gasteiger partial charge in [0.05, 0.1) is 39.9 Å². The number of rotatable bonds is 54. The Bertz CT molecular complexity index is 1080. The summed E-state index contributed by atoms with van der Waals surface area (Å²) in [6, 6.07) is -0.841. The predicted octanol–water partition coefficient (Wildman–Crippen LogP) is 17.4. The van der Waals surface area contributed by atoms with Gasteiger partial charge in [0.1, 0.15) is 13.2 Å². The molecule has 3 unspecified atom stereocenters. The van der Waals surface area contributed by atoms with Crippen LogP contribution in [0.15, 0.2) is 12.2 Å². The Morgan fingerprint density at radius 2 is 0.803 bits per heavy atom. The zero-order valence-electron chi connectivity index (χ0n) is 45.0. The largest absolute Gasteiger partial charge is 0.472 e. The molecule has 0 radical (unpaired) electrons. The maximum absolute atomic E-state index is 12.9. The first kappa shape index (κ1) is 65.2. The Hall–Kier alpha value is -0.760. The number of unbranched alkanes of at least 4 members (excludes halogenated alkanes) is 41. The van der Waals surface area contributed by atoms with Crippen LogP contribution in [0, 0.1) is 0 Å². The molecular weight excluding hydrogens is 840 g/mol. The molecule has 0 aliphatic heterocycles.